The van der Waals surface area contributed by atoms with Crippen molar-refractivity contribution in [3.8, 4) is 0 Å². The summed E-state index contributed by atoms with van der Waals surface area (Å²) in [7, 11) is 0. The number of aliphatic imine (C=N–C) groups is 1. The van der Waals surface area contributed by atoms with Crippen molar-refractivity contribution in [3.05, 3.63) is 16.1 Å². The molecule has 0 bridgehead atoms. The summed E-state index contributed by atoms with van der Waals surface area (Å²) in [5, 5.41) is 7.80. The minimum absolute atomic E-state index is 0.648. The summed E-state index contributed by atoms with van der Waals surface area (Å²) in [6.45, 7) is 12.5. The van der Waals surface area contributed by atoms with Gasteiger partial charge in [0.05, 0.1) is 6.54 Å². The Kier molecular flexibility index (Phi) is 7.12. The number of aromatic nitrogens is 1. The molecule has 5 nitrogen and oxygen atoms in total. The Morgan fingerprint density at radius 2 is 2.18 bits per heavy atom. The fourth-order valence-electron chi connectivity index (χ4n) is 2.58. The maximum absolute atomic E-state index is 4.62. The van der Waals surface area contributed by atoms with Crippen LogP contribution in [0.15, 0.2) is 11.2 Å². The highest BCUT2D eigenvalue weighted by Gasteiger charge is 2.14. The van der Waals surface area contributed by atoms with Crippen LogP contribution < -0.4 is 10.6 Å². The number of aryl methyl sites for hydroxylation is 1. The molecule has 2 rings (SSSR count). The van der Waals surface area contributed by atoms with E-state index in [1.54, 1.807) is 11.3 Å². The van der Waals surface area contributed by atoms with E-state index in [1.807, 2.05) is 6.20 Å². The van der Waals surface area contributed by atoms with Gasteiger partial charge in [0.2, 0.25) is 0 Å². The first-order valence-electron chi connectivity index (χ1n) is 8.33. The van der Waals surface area contributed by atoms with Crippen LogP contribution in [-0.4, -0.2) is 48.6 Å². The summed E-state index contributed by atoms with van der Waals surface area (Å²) in [6, 6.07) is 0. The van der Waals surface area contributed by atoms with Crippen molar-refractivity contribution >= 4 is 17.3 Å². The average Bonchev–Trinajstić information content (AvgIpc) is 2.92. The fraction of sp³-hybridized carbons (Fsp3) is 0.750. The largest absolute Gasteiger partial charge is 0.357 e. The second kappa shape index (κ2) is 9.10. The number of guanidine groups is 1. The summed E-state index contributed by atoms with van der Waals surface area (Å²) in [4.78, 5) is 12.8. The molecule has 0 radical (unpaired) electrons. The van der Waals surface area contributed by atoms with Gasteiger partial charge in [-0.1, -0.05) is 6.92 Å². The first-order chi connectivity index (χ1) is 10.7. The van der Waals surface area contributed by atoms with Crippen LogP contribution in [0.4, 0.5) is 0 Å². The van der Waals surface area contributed by atoms with Gasteiger partial charge in [-0.3, -0.25) is 0 Å². The van der Waals surface area contributed by atoms with Gasteiger partial charge >= 0.3 is 0 Å². The summed E-state index contributed by atoms with van der Waals surface area (Å²) in [6.07, 6.45) is 4.57. The highest BCUT2D eigenvalue weighted by Crippen LogP contribution is 2.15. The molecule has 0 spiro atoms. The van der Waals surface area contributed by atoms with Gasteiger partial charge in [0, 0.05) is 30.7 Å². The topological polar surface area (TPSA) is 52.6 Å². The van der Waals surface area contributed by atoms with Crippen molar-refractivity contribution in [2.24, 2.45) is 10.9 Å². The maximum atomic E-state index is 4.62. The smallest absolute Gasteiger partial charge is 0.191 e. The molecule has 2 heterocycles. The zero-order valence-electron chi connectivity index (χ0n) is 14.1. The molecule has 0 aromatic carbocycles. The molecule has 1 aromatic rings. The van der Waals surface area contributed by atoms with E-state index in [1.165, 1.54) is 30.8 Å². The standard InChI is InChI=1S/C16H29N5S/c1-4-17-16(20-12-15-19-11-14(3)22-15)18-7-10-21-8-5-13(2)6-9-21/h11,13H,4-10,12H2,1-3H3,(H2,17,18,20). The van der Waals surface area contributed by atoms with E-state index in [-0.39, 0.29) is 0 Å². The third kappa shape index (κ3) is 5.93. The van der Waals surface area contributed by atoms with E-state index in [4.69, 9.17) is 0 Å². The minimum Gasteiger partial charge on any atom is -0.357 e. The Bertz CT molecular complexity index is 463. The highest BCUT2D eigenvalue weighted by atomic mass is 32.1. The van der Waals surface area contributed by atoms with Crippen LogP contribution in [0.2, 0.25) is 0 Å². The number of nitrogens with zero attached hydrogens (tertiary/aromatic N) is 3. The van der Waals surface area contributed by atoms with Gasteiger partial charge in [0.1, 0.15) is 5.01 Å². The zero-order valence-corrected chi connectivity index (χ0v) is 14.9. The van der Waals surface area contributed by atoms with E-state index in [2.05, 4.69) is 46.3 Å². The number of nitrogens with one attached hydrogen (secondary N) is 2. The molecule has 2 N–H and O–H groups in total. The Morgan fingerprint density at radius 3 is 2.82 bits per heavy atom. The lowest BCUT2D eigenvalue weighted by Gasteiger charge is -2.30. The molecular weight excluding hydrogens is 294 g/mol. The van der Waals surface area contributed by atoms with Crippen LogP contribution in [0.1, 0.15) is 36.6 Å². The maximum Gasteiger partial charge on any atom is 0.191 e. The van der Waals surface area contributed by atoms with Gasteiger partial charge in [-0.15, -0.1) is 11.3 Å². The number of hydrogen-bond acceptors (Lipinski definition) is 4. The zero-order chi connectivity index (χ0) is 15.8. The molecule has 0 atom stereocenters. The van der Waals surface area contributed by atoms with Crippen LogP contribution in [0, 0.1) is 12.8 Å². The summed E-state index contributed by atoms with van der Waals surface area (Å²) >= 11 is 1.71. The molecule has 0 amide bonds. The quantitative estimate of drug-likeness (QED) is 0.623. The van der Waals surface area contributed by atoms with Crippen molar-refractivity contribution in [1.82, 2.24) is 20.5 Å². The molecule has 0 saturated carbocycles. The van der Waals surface area contributed by atoms with Crippen molar-refractivity contribution in [2.45, 2.75) is 40.2 Å². The predicted molar refractivity (Wildman–Crippen MR) is 94.5 cm³/mol. The van der Waals surface area contributed by atoms with Gasteiger partial charge < -0.3 is 15.5 Å². The van der Waals surface area contributed by atoms with Crippen LogP contribution in [0.3, 0.4) is 0 Å². The molecule has 1 aliphatic heterocycles. The van der Waals surface area contributed by atoms with Crippen LogP contribution >= 0.6 is 11.3 Å². The summed E-state index contributed by atoms with van der Waals surface area (Å²) < 4.78 is 0. The average molecular weight is 324 g/mol. The molecule has 1 aromatic heterocycles. The number of hydrogen-bond donors (Lipinski definition) is 2. The molecule has 22 heavy (non-hydrogen) atoms. The van der Waals surface area contributed by atoms with Gasteiger partial charge in [-0.25, -0.2) is 9.98 Å². The van der Waals surface area contributed by atoms with E-state index < -0.39 is 0 Å². The molecule has 124 valence electrons. The van der Waals surface area contributed by atoms with E-state index in [0.29, 0.717) is 6.54 Å². The van der Waals surface area contributed by atoms with Gasteiger partial charge in [-0.2, -0.15) is 0 Å². The summed E-state index contributed by atoms with van der Waals surface area (Å²) in [5.74, 6) is 1.78. The van der Waals surface area contributed by atoms with Gasteiger partial charge in [0.25, 0.3) is 0 Å². The fourth-order valence-corrected chi connectivity index (χ4v) is 3.29. The van der Waals surface area contributed by atoms with Crippen LogP contribution in [0.25, 0.3) is 0 Å². The Balaban J connectivity index is 1.73. The predicted octanol–water partition coefficient (Wildman–Crippen LogP) is 2.24. The van der Waals surface area contributed by atoms with E-state index >= 15 is 0 Å². The second-order valence-corrected chi connectivity index (χ2v) is 7.33. The highest BCUT2D eigenvalue weighted by molar-refractivity contribution is 7.11. The van der Waals surface area contributed by atoms with E-state index in [0.717, 1.165) is 36.5 Å². The molecule has 6 heteroatoms. The van der Waals surface area contributed by atoms with Crippen molar-refractivity contribution in [2.75, 3.05) is 32.7 Å². The normalized spacial score (nSPS) is 17.7. The number of thiazole rings is 1. The van der Waals surface area contributed by atoms with Crippen LogP contribution in [0.5, 0.6) is 0 Å². The second-order valence-electron chi connectivity index (χ2n) is 6.01. The Morgan fingerprint density at radius 1 is 1.41 bits per heavy atom. The van der Waals surface area contributed by atoms with E-state index in [9.17, 15) is 0 Å². The molecule has 1 aliphatic rings. The third-order valence-corrected chi connectivity index (χ3v) is 4.88. The number of rotatable bonds is 6. The van der Waals surface area contributed by atoms with Crippen molar-refractivity contribution in [1.29, 1.82) is 0 Å². The molecular formula is C16H29N5S. The first kappa shape index (κ1) is 17.2. The van der Waals surface area contributed by atoms with Gasteiger partial charge in [0.15, 0.2) is 5.96 Å². The van der Waals surface area contributed by atoms with Gasteiger partial charge in [-0.05, 0) is 45.7 Å². The SMILES string of the molecule is CCNC(=NCc1ncc(C)s1)NCCN1CCC(C)CC1. The number of likely N-dealkylation sites (tertiary alicyclic amines) is 1. The molecule has 0 aliphatic carbocycles. The number of piperidine rings is 1. The molecule has 1 fully saturated rings. The lowest BCUT2D eigenvalue weighted by Crippen LogP contribution is -2.43. The monoisotopic (exact) mass is 323 g/mol. The van der Waals surface area contributed by atoms with Crippen molar-refractivity contribution < 1.29 is 0 Å². The molecule has 0 unspecified atom stereocenters. The van der Waals surface area contributed by atoms with Crippen LogP contribution in [-0.2, 0) is 6.54 Å². The van der Waals surface area contributed by atoms with Crippen molar-refractivity contribution in [3.63, 3.8) is 0 Å². The third-order valence-electron chi connectivity index (χ3n) is 3.98. The first-order valence-corrected chi connectivity index (χ1v) is 9.15. The lowest BCUT2D eigenvalue weighted by molar-refractivity contribution is 0.195. The Labute approximate surface area is 138 Å². The molecule has 1 saturated heterocycles. The minimum atomic E-state index is 0.648. The lowest BCUT2D eigenvalue weighted by atomic mass is 9.99. The summed E-state index contributed by atoms with van der Waals surface area (Å²) in [5.41, 5.74) is 0. The Hall–Kier alpha value is -1.14.